The van der Waals surface area contributed by atoms with Gasteiger partial charge < -0.3 is 9.90 Å². The van der Waals surface area contributed by atoms with Crippen LogP contribution in [0.3, 0.4) is 0 Å². The van der Waals surface area contributed by atoms with Crippen LogP contribution in [0.5, 0.6) is 0 Å². The van der Waals surface area contributed by atoms with E-state index in [2.05, 4.69) is 0 Å². The molecule has 0 aliphatic heterocycles. The highest BCUT2D eigenvalue weighted by Gasteiger charge is 1.96. The van der Waals surface area contributed by atoms with Gasteiger partial charge in [-0.2, -0.15) is 0 Å². The fourth-order valence-corrected chi connectivity index (χ4v) is 1.71. The molecule has 0 N–H and O–H groups in total. The van der Waals surface area contributed by atoms with Crippen molar-refractivity contribution < 1.29 is 9.90 Å². The predicted molar refractivity (Wildman–Crippen MR) is 70.5 cm³/mol. The Morgan fingerprint density at radius 1 is 0.944 bits per heavy atom. The number of hydrogen-bond acceptors (Lipinski definition) is 2. The molecule has 2 aromatic carbocycles. The van der Waals surface area contributed by atoms with Crippen molar-refractivity contribution in [3.05, 3.63) is 65.7 Å². The number of aliphatic carboxylic acids is 1. The van der Waals surface area contributed by atoms with Gasteiger partial charge in [0.05, 0.1) is 5.97 Å². The van der Waals surface area contributed by atoms with Crippen molar-refractivity contribution in [3.63, 3.8) is 0 Å². The monoisotopic (exact) mass is 237 g/mol. The molecular weight excluding hydrogens is 224 g/mol. The molecule has 2 heteroatoms. The third-order valence-corrected chi connectivity index (χ3v) is 2.72. The lowest BCUT2D eigenvalue weighted by Gasteiger charge is -2.04. The standard InChI is InChI=1S/C16H14O2/c1-12(16(17)18)11-13-7-9-15(10-8-13)14-5-3-2-4-6-14/h2-11H,1H3,(H,17,18)/p-1/b12-11+. The zero-order valence-electron chi connectivity index (χ0n) is 10.1. The van der Waals surface area contributed by atoms with Crippen LogP contribution < -0.4 is 5.11 Å². The van der Waals surface area contributed by atoms with Crippen molar-refractivity contribution in [1.29, 1.82) is 0 Å². The van der Waals surface area contributed by atoms with Gasteiger partial charge in [-0.05, 0) is 29.2 Å². The molecule has 2 nitrogen and oxygen atoms in total. The summed E-state index contributed by atoms with van der Waals surface area (Å²) in [6, 6.07) is 17.8. The SMILES string of the molecule is C/C(=C\c1ccc(-c2ccccc2)cc1)C(=O)[O-]. The largest absolute Gasteiger partial charge is 0.545 e. The number of carbonyl (C=O) groups excluding carboxylic acids is 1. The summed E-state index contributed by atoms with van der Waals surface area (Å²) in [7, 11) is 0. The summed E-state index contributed by atoms with van der Waals surface area (Å²) in [5.74, 6) is -1.14. The molecule has 0 atom stereocenters. The van der Waals surface area contributed by atoms with Crippen LogP contribution in [-0.2, 0) is 4.79 Å². The summed E-state index contributed by atoms with van der Waals surface area (Å²) >= 11 is 0. The van der Waals surface area contributed by atoms with Crippen molar-refractivity contribution in [2.45, 2.75) is 6.92 Å². The van der Waals surface area contributed by atoms with E-state index in [1.54, 1.807) is 6.08 Å². The van der Waals surface area contributed by atoms with E-state index in [0.29, 0.717) is 0 Å². The fourth-order valence-electron chi connectivity index (χ4n) is 1.71. The van der Waals surface area contributed by atoms with Crippen LogP contribution in [0, 0.1) is 0 Å². The van der Waals surface area contributed by atoms with Gasteiger partial charge in [-0.1, -0.05) is 60.7 Å². The van der Waals surface area contributed by atoms with Crippen LogP contribution >= 0.6 is 0 Å². The molecule has 0 aromatic heterocycles. The first-order chi connectivity index (χ1) is 8.66. The third-order valence-electron chi connectivity index (χ3n) is 2.72. The first-order valence-corrected chi connectivity index (χ1v) is 5.72. The molecule has 18 heavy (non-hydrogen) atoms. The summed E-state index contributed by atoms with van der Waals surface area (Å²) in [4.78, 5) is 10.6. The maximum absolute atomic E-state index is 10.6. The van der Waals surface area contributed by atoms with Gasteiger partial charge in [0, 0.05) is 0 Å². The van der Waals surface area contributed by atoms with Crippen LogP contribution in [0.2, 0.25) is 0 Å². The highest BCUT2D eigenvalue weighted by atomic mass is 16.4. The summed E-state index contributed by atoms with van der Waals surface area (Å²) in [6.45, 7) is 1.53. The quantitative estimate of drug-likeness (QED) is 0.769. The Labute approximate surface area is 106 Å². The van der Waals surface area contributed by atoms with E-state index in [1.807, 2.05) is 54.6 Å². The van der Waals surface area contributed by atoms with E-state index in [9.17, 15) is 9.90 Å². The van der Waals surface area contributed by atoms with Gasteiger partial charge in [0.2, 0.25) is 0 Å². The second-order valence-electron chi connectivity index (χ2n) is 4.10. The normalized spacial score (nSPS) is 11.3. The van der Waals surface area contributed by atoms with Crippen molar-refractivity contribution in [1.82, 2.24) is 0 Å². The molecule has 0 saturated carbocycles. The van der Waals surface area contributed by atoms with Gasteiger partial charge in [0.15, 0.2) is 0 Å². The van der Waals surface area contributed by atoms with Crippen molar-refractivity contribution in [3.8, 4) is 11.1 Å². The third kappa shape index (κ3) is 2.86. The molecule has 0 aliphatic rings. The van der Waals surface area contributed by atoms with Gasteiger partial charge >= 0.3 is 0 Å². The zero-order valence-corrected chi connectivity index (χ0v) is 10.1. The molecule has 0 spiro atoms. The van der Waals surface area contributed by atoms with E-state index < -0.39 is 5.97 Å². The van der Waals surface area contributed by atoms with Crippen LogP contribution in [0.1, 0.15) is 12.5 Å². The minimum atomic E-state index is -1.14. The van der Waals surface area contributed by atoms with E-state index in [-0.39, 0.29) is 5.57 Å². The Balaban J connectivity index is 2.26. The van der Waals surface area contributed by atoms with Gasteiger partial charge in [0.25, 0.3) is 0 Å². The maximum Gasteiger partial charge on any atom is 0.0672 e. The average Bonchev–Trinajstić information content (AvgIpc) is 2.40. The smallest absolute Gasteiger partial charge is 0.0672 e. The summed E-state index contributed by atoms with van der Waals surface area (Å²) in [5.41, 5.74) is 3.34. The number of hydrogen-bond donors (Lipinski definition) is 0. The van der Waals surface area contributed by atoms with Gasteiger partial charge in [0.1, 0.15) is 0 Å². The van der Waals surface area contributed by atoms with E-state index >= 15 is 0 Å². The molecule has 0 fully saturated rings. The van der Waals surface area contributed by atoms with Crippen molar-refractivity contribution in [2.24, 2.45) is 0 Å². The Hall–Kier alpha value is -2.35. The summed E-state index contributed by atoms with van der Waals surface area (Å²) in [6.07, 6.45) is 1.60. The first kappa shape index (κ1) is 12.1. The Morgan fingerprint density at radius 3 is 2.06 bits per heavy atom. The van der Waals surface area contributed by atoms with E-state index in [4.69, 9.17) is 0 Å². The van der Waals surface area contributed by atoms with Crippen LogP contribution in [0.15, 0.2) is 60.2 Å². The molecule has 90 valence electrons. The number of rotatable bonds is 3. The fraction of sp³-hybridized carbons (Fsp3) is 0.0625. The number of carboxylic acid groups (broad SMARTS) is 1. The minimum Gasteiger partial charge on any atom is -0.545 e. The van der Waals surface area contributed by atoms with Crippen LogP contribution in [-0.4, -0.2) is 5.97 Å². The number of carboxylic acids is 1. The lowest BCUT2D eigenvalue weighted by molar-refractivity contribution is -0.299. The van der Waals surface area contributed by atoms with Crippen LogP contribution in [0.25, 0.3) is 17.2 Å². The number of carbonyl (C=O) groups is 1. The van der Waals surface area contributed by atoms with Crippen molar-refractivity contribution in [2.75, 3.05) is 0 Å². The summed E-state index contributed by atoms with van der Waals surface area (Å²) in [5, 5.41) is 10.6. The highest BCUT2D eigenvalue weighted by Crippen LogP contribution is 2.20. The second kappa shape index (κ2) is 5.32. The van der Waals surface area contributed by atoms with E-state index in [1.165, 1.54) is 6.92 Å². The zero-order chi connectivity index (χ0) is 13.0. The molecule has 0 unspecified atom stereocenters. The molecule has 0 amide bonds. The molecule has 2 aromatic rings. The first-order valence-electron chi connectivity index (χ1n) is 5.72. The molecule has 2 rings (SSSR count). The lowest BCUT2D eigenvalue weighted by Crippen LogP contribution is -2.22. The molecule has 0 radical (unpaired) electrons. The molecule has 0 saturated heterocycles. The topological polar surface area (TPSA) is 40.1 Å². The van der Waals surface area contributed by atoms with Crippen molar-refractivity contribution >= 4 is 12.0 Å². The summed E-state index contributed by atoms with van der Waals surface area (Å²) < 4.78 is 0. The average molecular weight is 237 g/mol. The van der Waals surface area contributed by atoms with Crippen LogP contribution in [0.4, 0.5) is 0 Å². The lowest BCUT2D eigenvalue weighted by atomic mass is 10.0. The molecular formula is C16H13O2-. The van der Waals surface area contributed by atoms with Gasteiger partial charge in [-0.15, -0.1) is 0 Å². The molecule has 0 bridgehead atoms. The maximum atomic E-state index is 10.6. The Kier molecular flexibility index (Phi) is 3.58. The molecule has 0 aliphatic carbocycles. The second-order valence-corrected chi connectivity index (χ2v) is 4.10. The Bertz CT molecular complexity index is 566. The number of benzene rings is 2. The highest BCUT2D eigenvalue weighted by molar-refractivity contribution is 5.89. The van der Waals surface area contributed by atoms with E-state index in [0.717, 1.165) is 16.7 Å². The van der Waals surface area contributed by atoms with Gasteiger partial charge in [-0.25, -0.2) is 0 Å². The Morgan fingerprint density at radius 2 is 1.50 bits per heavy atom. The van der Waals surface area contributed by atoms with Gasteiger partial charge in [-0.3, -0.25) is 0 Å². The molecule has 0 heterocycles. The predicted octanol–water partition coefficient (Wildman–Crippen LogP) is 2.51. The minimum absolute atomic E-state index is 0.225.